The van der Waals surface area contributed by atoms with Crippen molar-refractivity contribution in [2.24, 2.45) is 11.8 Å². The van der Waals surface area contributed by atoms with Gasteiger partial charge in [0.2, 0.25) is 0 Å². The minimum absolute atomic E-state index is 0.0796. The second kappa shape index (κ2) is 5.98. The van der Waals surface area contributed by atoms with Crippen molar-refractivity contribution in [3.05, 3.63) is 40.1 Å². The maximum Gasteiger partial charge on any atom is 0.255 e. The van der Waals surface area contributed by atoms with Gasteiger partial charge in [-0.25, -0.2) is 4.98 Å². The van der Waals surface area contributed by atoms with Gasteiger partial charge in [0.15, 0.2) is 0 Å². The van der Waals surface area contributed by atoms with Crippen LogP contribution < -0.4 is 0 Å². The average molecular weight is 329 g/mol. The SMILES string of the molecule is Cc1nc(CN2C[C@@H]3CN(C(=O)c4ccnnc4)C[C@@H]3C2)cs1. The molecule has 2 aliphatic heterocycles. The molecule has 0 aliphatic carbocycles. The van der Waals surface area contributed by atoms with E-state index >= 15 is 0 Å². The molecule has 2 aliphatic rings. The number of hydrogen-bond donors (Lipinski definition) is 0. The van der Waals surface area contributed by atoms with Crippen LogP contribution in [0.4, 0.5) is 0 Å². The first-order valence-electron chi connectivity index (χ1n) is 7.88. The molecule has 2 fully saturated rings. The third kappa shape index (κ3) is 2.98. The molecule has 0 unspecified atom stereocenters. The summed E-state index contributed by atoms with van der Waals surface area (Å²) in [7, 11) is 0. The van der Waals surface area contributed by atoms with Crippen LogP contribution in [-0.2, 0) is 6.54 Å². The number of rotatable bonds is 3. The Morgan fingerprint density at radius 1 is 1.26 bits per heavy atom. The molecule has 0 saturated carbocycles. The minimum atomic E-state index is 0.0796. The van der Waals surface area contributed by atoms with E-state index in [1.807, 2.05) is 11.8 Å². The molecular weight excluding hydrogens is 310 g/mol. The summed E-state index contributed by atoms with van der Waals surface area (Å²) >= 11 is 1.71. The smallest absolute Gasteiger partial charge is 0.255 e. The second-order valence-corrected chi connectivity index (χ2v) is 7.48. The fourth-order valence-electron chi connectivity index (χ4n) is 3.69. The van der Waals surface area contributed by atoms with Gasteiger partial charge < -0.3 is 4.90 Å². The van der Waals surface area contributed by atoms with Crippen molar-refractivity contribution in [1.29, 1.82) is 0 Å². The van der Waals surface area contributed by atoms with Crippen LogP contribution in [0.5, 0.6) is 0 Å². The Labute approximate surface area is 139 Å². The molecular formula is C16H19N5OS. The van der Waals surface area contributed by atoms with E-state index in [2.05, 4.69) is 25.5 Å². The molecule has 2 aromatic heterocycles. The summed E-state index contributed by atoms with van der Waals surface area (Å²) in [5.41, 5.74) is 1.80. The summed E-state index contributed by atoms with van der Waals surface area (Å²) in [5.74, 6) is 1.23. The molecule has 120 valence electrons. The van der Waals surface area contributed by atoms with Crippen LogP contribution in [0.3, 0.4) is 0 Å². The summed E-state index contributed by atoms with van der Waals surface area (Å²) in [6.45, 7) is 6.78. The van der Waals surface area contributed by atoms with E-state index in [0.29, 0.717) is 17.4 Å². The normalized spacial score (nSPS) is 24.1. The van der Waals surface area contributed by atoms with Gasteiger partial charge in [0.05, 0.1) is 28.7 Å². The third-order valence-electron chi connectivity index (χ3n) is 4.73. The van der Waals surface area contributed by atoms with Crippen LogP contribution in [0.2, 0.25) is 0 Å². The predicted molar refractivity (Wildman–Crippen MR) is 87.0 cm³/mol. The summed E-state index contributed by atoms with van der Waals surface area (Å²) in [6, 6.07) is 1.74. The number of carbonyl (C=O) groups is 1. The molecule has 23 heavy (non-hydrogen) atoms. The standard InChI is InChI=1S/C16H19N5OS/c1-11-19-15(10-23-11)9-20-5-13-7-21(8-14(13)6-20)16(22)12-2-3-17-18-4-12/h2-4,10,13-14H,5-9H2,1H3/t13-,14+. The number of aromatic nitrogens is 3. The molecule has 4 rings (SSSR count). The van der Waals surface area contributed by atoms with Crippen LogP contribution in [-0.4, -0.2) is 57.1 Å². The van der Waals surface area contributed by atoms with Crippen molar-refractivity contribution >= 4 is 17.2 Å². The number of thiazole rings is 1. The lowest BCUT2D eigenvalue weighted by molar-refractivity contribution is 0.0772. The van der Waals surface area contributed by atoms with Crippen LogP contribution in [0.1, 0.15) is 21.1 Å². The van der Waals surface area contributed by atoms with Gasteiger partial charge in [0.25, 0.3) is 5.91 Å². The Bertz CT molecular complexity index is 690. The van der Waals surface area contributed by atoms with Crippen molar-refractivity contribution in [2.45, 2.75) is 13.5 Å². The number of nitrogens with zero attached hydrogens (tertiary/aromatic N) is 5. The van der Waals surface area contributed by atoms with Gasteiger partial charge in [-0.2, -0.15) is 10.2 Å². The van der Waals surface area contributed by atoms with Crippen molar-refractivity contribution in [1.82, 2.24) is 25.0 Å². The Balaban J connectivity index is 1.36. The van der Waals surface area contributed by atoms with Crippen LogP contribution in [0.25, 0.3) is 0 Å². The first kappa shape index (κ1) is 14.7. The molecule has 6 nitrogen and oxygen atoms in total. The highest BCUT2D eigenvalue weighted by Crippen LogP contribution is 2.32. The van der Waals surface area contributed by atoms with E-state index in [9.17, 15) is 4.79 Å². The van der Waals surface area contributed by atoms with Crippen LogP contribution in [0, 0.1) is 18.8 Å². The summed E-state index contributed by atoms with van der Waals surface area (Å²) in [4.78, 5) is 21.5. The molecule has 4 heterocycles. The number of fused-ring (bicyclic) bond motifs is 1. The monoisotopic (exact) mass is 329 g/mol. The zero-order valence-corrected chi connectivity index (χ0v) is 13.9. The van der Waals surface area contributed by atoms with Crippen molar-refractivity contribution in [3.63, 3.8) is 0 Å². The van der Waals surface area contributed by atoms with E-state index in [4.69, 9.17) is 0 Å². The molecule has 2 aromatic rings. The molecule has 0 radical (unpaired) electrons. The van der Waals surface area contributed by atoms with Gasteiger partial charge in [-0.1, -0.05) is 0 Å². The van der Waals surface area contributed by atoms with Crippen LogP contribution in [0.15, 0.2) is 23.8 Å². The molecule has 0 bridgehead atoms. The Hall–Kier alpha value is -1.86. The molecule has 0 aromatic carbocycles. The van der Waals surface area contributed by atoms with Gasteiger partial charge in [-0.05, 0) is 24.8 Å². The number of hydrogen-bond acceptors (Lipinski definition) is 6. The van der Waals surface area contributed by atoms with Gasteiger partial charge in [0.1, 0.15) is 0 Å². The van der Waals surface area contributed by atoms with Crippen molar-refractivity contribution in [3.8, 4) is 0 Å². The van der Waals surface area contributed by atoms with E-state index < -0.39 is 0 Å². The van der Waals surface area contributed by atoms with Gasteiger partial charge in [-0.3, -0.25) is 9.69 Å². The molecule has 0 N–H and O–H groups in total. The summed E-state index contributed by atoms with van der Waals surface area (Å²) in [6.07, 6.45) is 3.12. The van der Waals surface area contributed by atoms with Gasteiger partial charge in [-0.15, -0.1) is 11.3 Å². The molecule has 0 spiro atoms. The lowest BCUT2D eigenvalue weighted by Crippen LogP contribution is -2.33. The predicted octanol–water partition coefficient (Wildman–Crippen LogP) is 1.45. The fourth-order valence-corrected chi connectivity index (χ4v) is 4.30. The van der Waals surface area contributed by atoms with Crippen molar-refractivity contribution < 1.29 is 4.79 Å². The largest absolute Gasteiger partial charge is 0.338 e. The molecule has 2 atom stereocenters. The van der Waals surface area contributed by atoms with Gasteiger partial charge >= 0.3 is 0 Å². The zero-order chi connectivity index (χ0) is 15.8. The highest BCUT2D eigenvalue weighted by atomic mass is 32.1. The maximum atomic E-state index is 12.5. The van der Waals surface area contributed by atoms with E-state index in [0.717, 1.165) is 37.7 Å². The Morgan fingerprint density at radius 3 is 2.65 bits per heavy atom. The maximum absolute atomic E-state index is 12.5. The highest BCUT2D eigenvalue weighted by Gasteiger charge is 2.41. The average Bonchev–Trinajstić information content (AvgIpc) is 3.22. The highest BCUT2D eigenvalue weighted by molar-refractivity contribution is 7.09. The Kier molecular flexibility index (Phi) is 3.82. The second-order valence-electron chi connectivity index (χ2n) is 6.41. The van der Waals surface area contributed by atoms with E-state index in [1.165, 1.54) is 5.69 Å². The van der Waals surface area contributed by atoms with E-state index in [1.54, 1.807) is 29.8 Å². The first-order valence-corrected chi connectivity index (χ1v) is 8.76. The van der Waals surface area contributed by atoms with Crippen LogP contribution >= 0.6 is 11.3 Å². The number of carbonyl (C=O) groups excluding carboxylic acids is 1. The Morgan fingerprint density at radius 2 is 2.04 bits per heavy atom. The van der Waals surface area contributed by atoms with Crippen molar-refractivity contribution in [2.75, 3.05) is 26.2 Å². The number of aryl methyl sites for hydroxylation is 1. The lowest BCUT2D eigenvalue weighted by Gasteiger charge is -2.21. The van der Waals surface area contributed by atoms with E-state index in [-0.39, 0.29) is 5.91 Å². The molecule has 7 heteroatoms. The topological polar surface area (TPSA) is 62.2 Å². The van der Waals surface area contributed by atoms with Gasteiger partial charge in [0, 0.05) is 38.1 Å². The first-order chi connectivity index (χ1) is 11.2. The summed E-state index contributed by atoms with van der Waals surface area (Å²) < 4.78 is 0. The molecule has 1 amide bonds. The molecule has 2 saturated heterocycles. The number of likely N-dealkylation sites (tertiary alicyclic amines) is 2. The fraction of sp³-hybridized carbons (Fsp3) is 0.500. The summed E-state index contributed by atoms with van der Waals surface area (Å²) in [5, 5.41) is 10.8. The zero-order valence-electron chi connectivity index (χ0n) is 13.1. The quantitative estimate of drug-likeness (QED) is 0.853. The lowest BCUT2D eigenvalue weighted by atomic mass is 10.0. The third-order valence-corrected chi connectivity index (χ3v) is 5.55. The number of amides is 1. The minimum Gasteiger partial charge on any atom is -0.338 e.